The van der Waals surface area contributed by atoms with Crippen molar-refractivity contribution in [3.8, 4) is 0 Å². The van der Waals surface area contributed by atoms with E-state index in [1.165, 1.54) is 347 Å². The molecule has 2 unspecified atom stereocenters. The summed E-state index contributed by atoms with van der Waals surface area (Å²) in [6.07, 6.45) is 105. The average molecular weight is 1250 g/mol. The van der Waals surface area contributed by atoms with Crippen LogP contribution >= 0.6 is 0 Å². The largest absolute Gasteiger partial charge is 0.466 e. The number of amides is 1. The maximum Gasteiger partial charge on any atom is 0.305 e. The molecule has 0 saturated carbocycles. The Morgan fingerprint density at radius 3 is 0.899 bits per heavy atom. The van der Waals surface area contributed by atoms with E-state index in [9.17, 15) is 19.8 Å². The summed E-state index contributed by atoms with van der Waals surface area (Å²) in [5, 5.41) is 23.3. The number of unbranched alkanes of at least 4 members (excludes halogenated alkanes) is 56. The quantitative estimate of drug-likeness (QED) is 0.0320. The highest BCUT2D eigenvalue weighted by molar-refractivity contribution is 5.76. The summed E-state index contributed by atoms with van der Waals surface area (Å²) in [6, 6.07) is -0.628. The van der Waals surface area contributed by atoms with Gasteiger partial charge in [-0.2, -0.15) is 0 Å². The van der Waals surface area contributed by atoms with Crippen LogP contribution in [0.1, 0.15) is 431 Å². The summed E-state index contributed by atoms with van der Waals surface area (Å²) in [5.41, 5.74) is 0. The molecule has 1 amide bonds. The Bertz CT molecular complexity index is 1530. The van der Waals surface area contributed by atoms with Crippen LogP contribution < -0.4 is 5.32 Å². The molecular formula is C83H155NO5. The van der Waals surface area contributed by atoms with Gasteiger partial charge >= 0.3 is 5.97 Å². The van der Waals surface area contributed by atoms with Gasteiger partial charge in [0.1, 0.15) is 0 Å². The van der Waals surface area contributed by atoms with E-state index < -0.39 is 12.1 Å². The molecule has 0 aromatic carbocycles. The van der Waals surface area contributed by atoms with Gasteiger partial charge in [-0.25, -0.2) is 0 Å². The molecule has 6 nitrogen and oxygen atoms in total. The number of ether oxygens (including phenoxy) is 1. The van der Waals surface area contributed by atoms with Crippen LogP contribution in [0, 0.1) is 0 Å². The van der Waals surface area contributed by atoms with Gasteiger partial charge in [-0.3, -0.25) is 9.59 Å². The number of esters is 1. The lowest BCUT2D eigenvalue weighted by Crippen LogP contribution is -2.45. The van der Waals surface area contributed by atoms with Gasteiger partial charge in [-0.1, -0.05) is 389 Å². The molecule has 3 N–H and O–H groups in total. The fourth-order valence-electron chi connectivity index (χ4n) is 12.4. The van der Waals surface area contributed by atoms with Crippen LogP contribution in [-0.4, -0.2) is 47.4 Å². The van der Waals surface area contributed by atoms with E-state index in [2.05, 4.69) is 67.8 Å². The predicted molar refractivity (Wildman–Crippen MR) is 393 cm³/mol. The Kier molecular flexibility index (Phi) is 75.9. The molecule has 0 fully saturated rings. The second-order valence-electron chi connectivity index (χ2n) is 27.4. The lowest BCUT2D eigenvalue weighted by Gasteiger charge is -2.20. The Morgan fingerprint density at radius 1 is 0.315 bits per heavy atom. The highest BCUT2D eigenvalue weighted by atomic mass is 16.5. The molecule has 89 heavy (non-hydrogen) atoms. The minimum atomic E-state index is -0.845. The van der Waals surface area contributed by atoms with Crippen molar-refractivity contribution in [1.29, 1.82) is 0 Å². The van der Waals surface area contributed by atoms with Crippen LogP contribution in [0.4, 0.5) is 0 Å². The molecule has 0 aromatic heterocycles. The number of hydrogen-bond acceptors (Lipinski definition) is 5. The number of hydrogen-bond donors (Lipinski definition) is 3. The Balaban J connectivity index is 3.39. The maximum absolute atomic E-state index is 12.5. The van der Waals surface area contributed by atoms with Crippen LogP contribution in [0.25, 0.3) is 0 Å². The van der Waals surface area contributed by atoms with Crippen molar-refractivity contribution in [3.05, 3.63) is 60.8 Å². The third kappa shape index (κ3) is 74.5. The summed E-state index contributed by atoms with van der Waals surface area (Å²) in [6.45, 7) is 4.87. The van der Waals surface area contributed by atoms with Crippen molar-refractivity contribution < 1.29 is 24.5 Å². The molecule has 0 bridgehead atoms. The van der Waals surface area contributed by atoms with E-state index >= 15 is 0 Å². The number of carbonyl (C=O) groups is 2. The number of aliphatic hydroxyl groups excluding tert-OH is 2. The highest BCUT2D eigenvalue weighted by Gasteiger charge is 2.18. The van der Waals surface area contributed by atoms with E-state index in [1.807, 2.05) is 6.08 Å². The normalized spacial score (nSPS) is 12.8. The standard InChI is InChI=1S/C83H155NO5/c1-3-5-7-9-11-13-15-17-18-19-20-21-39-42-45-48-52-55-59-63-67-71-75-81(86)80(79-85)84-82(87)76-72-68-64-60-56-53-49-46-43-40-37-35-33-31-29-27-25-23-22-24-26-28-30-32-34-36-38-41-44-47-50-54-58-62-66-70-74-78-89-83(88)77-73-69-65-61-57-51-16-14-12-10-8-6-4-2/h8,10,14,16,22,24,28,30,71,75,80-81,85-86H,3-7,9,11-13,15,17-21,23,25-27,29,31-70,72-74,76-79H2,1-2H3,(H,84,87)/b10-8-,16-14-,24-22-,30-28-,75-71+. The first-order valence-corrected chi connectivity index (χ1v) is 40.1. The molecule has 0 aliphatic rings. The smallest absolute Gasteiger partial charge is 0.305 e. The molecule has 0 rings (SSSR count). The van der Waals surface area contributed by atoms with Gasteiger partial charge in [0, 0.05) is 12.8 Å². The third-order valence-corrected chi connectivity index (χ3v) is 18.5. The minimum absolute atomic E-state index is 0.00323. The second kappa shape index (κ2) is 78.0. The summed E-state index contributed by atoms with van der Waals surface area (Å²) < 4.78 is 5.48. The summed E-state index contributed by atoms with van der Waals surface area (Å²) >= 11 is 0. The van der Waals surface area contributed by atoms with Crippen molar-refractivity contribution >= 4 is 11.9 Å². The fraction of sp³-hybridized carbons (Fsp3) is 0.855. The SMILES string of the molecule is CCC/C=C\C/C=C\CCCCCCCC(=O)OCCCCCCCCCCCCCCC/C=C\C/C=C\CCCCCCCCCCCCCCCCCCCC(=O)NC(CO)C(O)/C=C/CCCCCCCCCCCCCCCCCCCCCC. The Labute approximate surface area is 556 Å². The molecule has 522 valence electrons. The molecule has 0 spiro atoms. The fourth-order valence-corrected chi connectivity index (χ4v) is 12.4. The lowest BCUT2D eigenvalue weighted by atomic mass is 10.0. The molecule has 0 aliphatic carbocycles. The molecule has 0 radical (unpaired) electrons. The van der Waals surface area contributed by atoms with Crippen molar-refractivity contribution in [2.24, 2.45) is 0 Å². The Hall–Kier alpha value is -2.44. The van der Waals surface area contributed by atoms with Crippen molar-refractivity contribution in [2.75, 3.05) is 13.2 Å². The van der Waals surface area contributed by atoms with E-state index in [-0.39, 0.29) is 18.5 Å². The van der Waals surface area contributed by atoms with Crippen molar-refractivity contribution in [1.82, 2.24) is 5.32 Å². The van der Waals surface area contributed by atoms with Gasteiger partial charge in [-0.05, 0) is 89.9 Å². The molecule has 0 saturated heterocycles. The summed E-state index contributed by atoms with van der Waals surface area (Å²) in [5.74, 6) is -0.0579. The number of rotatable bonds is 75. The first-order valence-electron chi connectivity index (χ1n) is 40.1. The zero-order valence-corrected chi connectivity index (χ0v) is 59.9. The van der Waals surface area contributed by atoms with E-state index in [1.54, 1.807) is 6.08 Å². The van der Waals surface area contributed by atoms with Gasteiger partial charge < -0.3 is 20.3 Å². The minimum Gasteiger partial charge on any atom is -0.466 e. The highest BCUT2D eigenvalue weighted by Crippen LogP contribution is 2.19. The maximum atomic E-state index is 12.5. The average Bonchev–Trinajstić information content (AvgIpc) is 3.55. The molecule has 0 aromatic rings. The zero-order chi connectivity index (χ0) is 64.2. The van der Waals surface area contributed by atoms with Gasteiger partial charge in [0.15, 0.2) is 0 Å². The van der Waals surface area contributed by atoms with Gasteiger partial charge in [-0.15, -0.1) is 0 Å². The lowest BCUT2D eigenvalue weighted by molar-refractivity contribution is -0.143. The molecular weight excluding hydrogens is 1090 g/mol. The topological polar surface area (TPSA) is 95.9 Å². The molecule has 2 atom stereocenters. The Morgan fingerprint density at radius 2 is 0.584 bits per heavy atom. The van der Waals surface area contributed by atoms with Crippen molar-refractivity contribution in [3.63, 3.8) is 0 Å². The number of nitrogens with one attached hydrogen (secondary N) is 1. The number of allylic oxidation sites excluding steroid dienone is 9. The monoisotopic (exact) mass is 1250 g/mol. The van der Waals surface area contributed by atoms with Gasteiger partial charge in [0.2, 0.25) is 5.91 Å². The zero-order valence-electron chi connectivity index (χ0n) is 59.9. The van der Waals surface area contributed by atoms with Crippen molar-refractivity contribution in [2.45, 2.75) is 443 Å². The molecule has 0 aliphatic heterocycles. The van der Waals surface area contributed by atoms with Crippen LogP contribution in [0.5, 0.6) is 0 Å². The van der Waals surface area contributed by atoms with Crippen LogP contribution in [-0.2, 0) is 14.3 Å². The van der Waals surface area contributed by atoms with E-state index in [4.69, 9.17) is 4.74 Å². The van der Waals surface area contributed by atoms with Crippen LogP contribution in [0.3, 0.4) is 0 Å². The predicted octanol–water partition coefficient (Wildman–Crippen LogP) is 26.5. The van der Waals surface area contributed by atoms with E-state index in [0.29, 0.717) is 19.4 Å². The van der Waals surface area contributed by atoms with E-state index in [0.717, 1.165) is 57.8 Å². The molecule has 0 heterocycles. The van der Waals surface area contributed by atoms with Gasteiger partial charge in [0.05, 0.1) is 25.4 Å². The second-order valence-corrected chi connectivity index (χ2v) is 27.4. The van der Waals surface area contributed by atoms with Gasteiger partial charge in [0.25, 0.3) is 0 Å². The number of aliphatic hydroxyl groups is 2. The first-order chi connectivity index (χ1) is 44.0. The number of carbonyl (C=O) groups excluding carboxylic acids is 2. The summed E-state index contributed by atoms with van der Waals surface area (Å²) in [4.78, 5) is 24.6. The third-order valence-electron chi connectivity index (χ3n) is 18.5. The van der Waals surface area contributed by atoms with Crippen LogP contribution in [0.15, 0.2) is 60.8 Å². The summed E-state index contributed by atoms with van der Waals surface area (Å²) in [7, 11) is 0. The molecule has 6 heteroatoms. The van der Waals surface area contributed by atoms with Crippen LogP contribution in [0.2, 0.25) is 0 Å². The first kappa shape index (κ1) is 86.6.